The van der Waals surface area contributed by atoms with Gasteiger partial charge in [-0.15, -0.1) is 0 Å². The minimum Gasteiger partial charge on any atom is -0.473 e. The quantitative estimate of drug-likeness (QED) is 0.835. The van der Waals surface area contributed by atoms with Crippen LogP contribution in [0.3, 0.4) is 0 Å². The van der Waals surface area contributed by atoms with Crippen molar-refractivity contribution in [1.82, 2.24) is 10.2 Å². The van der Waals surface area contributed by atoms with E-state index in [4.69, 9.17) is 4.74 Å². The Morgan fingerprint density at radius 3 is 2.41 bits per heavy atom. The third-order valence-corrected chi connectivity index (χ3v) is 5.07. The third kappa shape index (κ3) is 4.32. The highest BCUT2D eigenvalue weighted by Gasteiger charge is 2.22. The van der Waals surface area contributed by atoms with Crippen LogP contribution in [0.5, 0.6) is 5.75 Å². The van der Waals surface area contributed by atoms with E-state index in [0.29, 0.717) is 31.9 Å². The second-order valence-electron chi connectivity index (χ2n) is 6.85. The number of nitrogens with zero attached hydrogens (tertiary/aromatic N) is 2. The van der Waals surface area contributed by atoms with E-state index in [2.05, 4.69) is 11.4 Å². The number of anilines is 1. The van der Waals surface area contributed by atoms with Gasteiger partial charge < -0.3 is 19.9 Å². The second-order valence-corrected chi connectivity index (χ2v) is 6.85. The maximum absolute atomic E-state index is 13.9. The molecule has 27 heavy (non-hydrogen) atoms. The number of para-hydroxylation sites is 1. The summed E-state index contributed by atoms with van der Waals surface area (Å²) in [6.07, 6.45) is 0. The van der Waals surface area contributed by atoms with Gasteiger partial charge in [-0.3, -0.25) is 0 Å². The van der Waals surface area contributed by atoms with Gasteiger partial charge in [0.05, 0.1) is 5.69 Å². The molecule has 144 valence electrons. The number of aryl methyl sites for hydroxylation is 2. The normalized spacial score (nSPS) is 14.2. The summed E-state index contributed by atoms with van der Waals surface area (Å²) in [5.41, 5.74) is 3.88. The first-order valence-corrected chi connectivity index (χ1v) is 9.19. The zero-order valence-electron chi connectivity index (χ0n) is 16.1. The van der Waals surface area contributed by atoms with Gasteiger partial charge in [-0.25, -0.2) is 9.18 Å². The van der Waals surface area contributed by atoms with Crippen LogP contribution >= 0.6 is 0 Å². The molecule has 2 aromatic rings. The van der Waals surface area contributed by atoms with Gasteiger partial charge in [-0.05, 0) is 49.6 Å². The first-order chi connectivity index (χ1) is 13.0. The Morgan fingerprint density at radius 2 is 1.70 bits per heavy atom. The highest BCUT2D eigenvalue weighted by atomic mass is 19.1. The lowest BCUT2D eigenvalue weighted by atomic mass is 10.1. The lowest BCUT2D eigenvalue weighted by molar-refractivity contribution is 0.181. The molecule has 6 heteroatoms. The van der Waals surface area contributed by atoms with Crippen LogP contribution in [0, 0.1) is 26.6 Å². The van der Waals surface area contributed by atoms with Gasteiger partial charge in [-0.2, -0.15) is 0 Å². The van der Waals surface area contributed by atoms with Gasteiger partial charge in [0.25, 0.3) is 0 Å². The van der Waals surface area contributed by atoms with E-state index in [9.17, 15) is 9.18 Å². The largest absolute Gasteiger partial charge is 0.473 e. The van der Waals surface area contributed by atoms with Crippen molar-refractivity contribution < 1.29 is 13.9 Å². The van der Waals surface area contributed by atoms with Crippen LogP contribution in [0.25, 0.3) is 0 Å². The van der Waals surface area contributed by atoms with Crippen LogP contribution in [0.4, 0.5) is 14.9 Å². The Balaban J connectivity index is 1.49. The summed E-state index contributed by atoms with van der Waals surface area (Å²) in [4.78, 5) is 16.1. The molecular formula is C21H26FN3O2. The highest BCUT2D eigenvalue weighted by molar-refractivity contribution is 5.74. The molecule has 0 bridgehead atoms. The summed E-state index contributed by atoms with van der Waals surface area (Å²) in [5.74, 6) is 0.590. The monoisotopic (exact) mass is 371 g/mol. The third-order valence-electron chi connectivity index (χ3n) is 5.07. The fraction of sp³-hybridized carbons (Fsp3) is 0.381. The molecule has 2 aromatic carbocycles. The number of carbonyl (C=O) groups is 1. The Morgan fingerprint density at radius 1 is 1.04 bits per heavy atom. The molecule has 2 amide bonds. The van der Waals surface area contributed by atoms with Gasteiger partial charge in [0, 0.05) is 26.2 Å². The number of rotatable bonds is 4. The zero-order chi connectivity index (χ0) is 19.4. The predicted molar refractivity (Wildman–Crippen MR) is 105 cm³/mol. The number of benzene rings is 2. The summed E-state index contributed by atoms with van der Waals surface area (Å²) >= 11 is 0. The molecule has 1 aliphatic heterocycles. The van der Waals surface area contributed by atoms with Crippen LogP contribution in [0.2, 0.25) is 0 Å². The average Bonchev–Trinajstić information content (AvgIpc) is 2.68. The average molecular weight is 371 g/mol. The maximum atomic E-state index is 13.9. The standard InChI is InChI=1S/C21H26FN3O2/c1-15-8-9-16(2)20(17(15)3)27-14-23-21(26)25-12-10-24(11-13-25)19-7-5-4-6-18(19)22/h4-9H,10-14H2,1-3H3,(H,23,26). The Labute approximate surface area is 159 Å². The lowest BCUT2D eigenvalue weighted by Gasteiger charge is -2.36. The Hall–Kier alpha value is -2.76. The minimum atomic E-state index is -0.229. The van der Waals surface area contributed by atoms with Crippen LogP contribution in [0.1, 0.15) is 16.7 Å². The first kappa shape index (κ1) is 19.0. The summed E-state index contributed by atoms with van der Waals surface area (Å²) in [7, 11) is 0. The van der Waals surface area contributed by atoms with Crippen molar-refractivity contribution in [3.05, 3.63) is 58.9 Å². The van der Waals surface area contributed by atoms with Gasteiger partial charge in [0.15, 0.2) is 6.73 Å². The molecule has 0 unspecified atom stereocenters. The van der Waals surface area contributed by atoms with Crippen molar-refractivity contribution in [3.8, 4) is 5.75 Å². The van der Waals surface area contributed by atoms with Gasteiger partial charge in [0.2, 0.25) is 0 Å². The summed E-state index contributed by atoms with van der Waals surface area (Å²) in [6, 6.07) is 10.6. The van der Waals surface area contributed by atoms with Crippen molar-refractivity contribution in [2.24, 2.45) is 0 Å². The van der Waals surface area contributed by atoms with Crippen molar-refractivity contribution >= 4 is 11.7 Å². The SMILES string of the molecule is Cc1ccc(C)c(OCNC(=O)N2CCN(c3ccccc3F)CC2)c1C. The molecule has 0 aliphatic carbocycles. The molecule has 1 fully saturated rings. The van der Waals surface area contributed by atoms with Crippen LogP contribution in [-0.2, 0) is 0 Å². The molecule has 1 heterocycles. The number of amides is 2. The molecule has 0 radical (unpaired) electrons. The van der Waals surface area contributed by atoms with E-state index in [1.807, 2.05) is 37.8 Å². The second kappa shape index (κ2) is 8.29. The highest BCUT2D eigenvalue weighted by Crippen LogP contribution is 2.25. The number of ether oxygens (including phenoxy) is 1. The molecular weight excluding hydrogens is 345 g/mol. The molecule has 0 aromatic heterocycles. The summed E-state index contributed by atoms with van der Waals surface area (Å²) in [6.45, 7) is 8.46. The number of urea groups is 1. The van der Waals surface area contributed by atoms with E-state index < -0.39 is 0 Å². The smallest absolute Gasteiger partial charge is 0.320 e. The molecule has 1 N–H and O–H groups in total. The molecule has 1 aliphatic rings. The molecule has 5 nitrogen and oxygen atoms in total. The number of hydrogen-bond donors (Lipinski definition) is 1. The number of nitrogens with one attached hydrogen (secondary N) is 1. The van der Waals surface area contributed by atoms with Crippen LogP contribution < -0.4 is 15.0 Å². The number of piperazine rings is 1. The lowest BCUT2D eigenvalue weighted by Crippen LogP contribution is -2.52. The summed E-state index contributed by atoms with van der Waals surface area (Å²) in [5, 5.41) is 2.81. The number of halogens is 1. The first-order valence-electron chi connectivity index (χ1n) is 9.19. The molecule has 3 rings (SSSR count). The Kier molecular flexibility index (Phi) is 5.84. The van der Waals surface area contributed by atoms with Crippen molar-refractivity contribution in [1.29, 1.82) is 0 Å². The van der Waals surface area contributed by atoms with E-state index in [-0.39, 0.29) is 18.6 Å². The molecule has 0 spiro atoms. The van der Waals surface area contributed by atoms with E-state index in [1.54, 1.807) is 17.0 Å². The van der Waals surface area contributed by atoms with Crippen molar-refractivity contribution in [3.63, 3.8) is 0 Å². The van der Waals surface area contributed by atoms with Gasteiger partial charge >= 0.3 is 6.03 Å². The number of carbonyl (C=O) groups excluding carboxylic acids is 1. The van der Waals surface area contributed by atoms with E-state index in [0.717, 1.165) is 22.4 Å². The van der Waals surface area contributed by atoms with Gasteiger partial charge in [-0.1, -0.05) is 24.3 Å². The fourth-order valence-electron chi connectivity index (χ4n) is 3.29. The minimum absolute atomic E-state index is 0.123. The van der Waals surface area contributed by atoms with Crippen molar-refractivity contribution in [2.45, 2.75) is 20.8 Å². The van der Waals surface area contributed by atoms with Crippen molar-refractivity contribution in [2.75, 3.05) is 37.8 Å². The van der Waals surface area contributed by atoms with Crippen LogP contribution in [0.15, 0.2) is 36.4 Å². The molecule has 0 atom stereocenters. The van der Waals surface area contributed by atoms with Gasteiger partial charge in [0.1, 0.15) is 11.6 Å². The maximum Gasteiger partial charge on any atom is 0.320 e. The topological polar surface area (TPSA) is 44.8 Å². The Bertz CT molecular complexity index is 817. The zero-order valence-corrected chi connectivity index (χ0v) is 16.1. The van der Waals surface area contributed by atoms with Crippen LogP contribution in [-0.4, -0.2) is 43.8 Å². The van der Waals surface area contributed by atoms with E-state index in [1.165, 1.54) is 6.07 Å². The van der Waals surface area contributed by atoms with E-state index >= 15 is 0 Å². The molecule has 0 saturated carbocycles. The molecule has 1 saturated heterocycles. The number of hydrogen-bond acceptors (Lipinski definition) is 3. The predicted octanol–water partition coefficient (Wildman–Crippen LogP) is 3.62. The fourth-order valence-corrected chi connectivity index (χ4v) is 3.29. The summed E-state index contributed by atoms with van der Waals surface area (Å²) < 4.78 is 19.7.